The van der Waals surface area contributed by atoms with Gasteiger partial charge in [-0.05, 0) is 0 Å². The van der Waals surface area contributed by atoms with Gasteiger partial charge in [0, 0.05) is 12.4 Å². The van der Waals surface area contributed by atoms with Crippen LogP contribution in [-0.4, -0.2) is 30.6 Å². The highest BCUT2D eigenvalue weighted by Crippen LogP contribution is 1.94. The maximum absolute atomic E-state index is 11.0. The van der Waals surface area contributed by atoms with Crippen molar-refractivity contribution in [2.75, 3.05) is 13.3 Å². The van der Waals surface area contributed by atoms with Gasteiger partial charge in [0.1, 0.15) is 0 Å². The van der Waals surface area contributed by atoms with Crippen LogP contribution in [0, 0.1) is 0 Å². The summed E-state index contributed by atoms with van der Waals surface area (Å²) in [6.45, 7) is 0.502. The fraction of sp³-hybridized carbons (Fsp3) is 0.333. The van der Waals surface area contributed by atoms with E-state index in [0.29, 0.717) is 6.67 Å². The van der Waals surface area contributed by atoms with Gasteiger partial charge in [0.15, 0.2) is 6.61 Å². The molecule has 0 aromatic rings. The summed E-state index contributed by atoms with van der Waals surface area (Å²) in [4.78, 5) is 22.1. The molecule has 0 aromatic carbocycles. The van der Waals surface area contributed by atoms with Crippen LogP contribution in [0.1, 0.15) is 0 Å². The summed E-state index contributed by atoms with van der Waals surface area (Å²) in [7, 11) is 0. The minimum absolute atomic E-state index is 0.199. The van der Waals surface area contributed by atoms with Crippen molar-refractivity contribution in [3.05, 3.63) is 12.4 Å². The van der Waals surface area contributed by atoms with Crippen LogP contribution < -0.4 is 5.32 Å². The number of hydrogen-bond acceptors (Lipinski definition) is 4. The molecule has 0 spiro atoms. The van der Waals surface area contributed by atoms with Crippen molar-refractivity contribution in [3.63, 3.8) is 0 Å². The Labute approximate surface area is 63.6 Å². The van der Waals surface area contributed by atoms with E-state index in [9.17, 15) is 9.59 Å². The van der Waals surface area contributed by atoms with E-state index in [1.807, 2.05) is 0 Å². The van der Waals surface area contributed by atoms with Crippen LogP contribution in [-0.2, 0) is 14.3 Å². The Bertz CT molecular complexity index is 190. The molecular weight excluding hydrogens is 148 g/mol. The van der Waals surface area contributed by atoms with Crippen LogP contribution in [0.4, 0.5) is 0 Å². The molecule has 1 N–H and O–H groups in total. The molecule has 0 radical (unpaired) electrons. The Morgan fingerprint density at radius 3 is 3.18 bits per heavy atom. The third-order valence-electron chi connectivity index (χ3n) is 1.23. The van der Waals surface area contributed by atoms with Crippen molar-refractivity contribution in [1.82, 2.24) is 10.2 Å². The molecule has 0 aromatic heterocycles. The van der Waals surface area contributed by atoms with Crippen LogP contribution >= 0.6 is 0 Å². The van der Waals surface area contributed by atoms with E-state index in [1.54, 1.807) is 12.4 Å². The molecule has 1 rings (SSSR count). The number of nitrogens with one attached hydrogen (secondary N) is 1. The first kappa shape index (κ1) is 7.59. The lowest BCUT2D eigenvalue weighted by Gasteiger charge is -2.10. The molecule has 1 aliphatic heterocycles. The number of amides is 1. The summed E-state index contributed by atoms with van der Waals surface area (Å²) in [5, 5.41) is 2.81. The molecule has 5 heteroatoms. The minimum Gasteiger partial charge on any atom is -0.458 e. The zero-order valence-electron chi connectivity index (χ0n) is 5.82. The van der Waals surface area contributed by atoms with Crippen molar-refractivity contribution in [3.8, 4) is 0 Å². The maximum atomic E-state index is 11.0. The number of rotatable bonds is 3. The Hall–Kier alpha value is -1.52. The predicted octanol–water partition coefficient (Wildman–Crippen LogP) is -0.980. The predicted molar refractivity (Wildman–Crippen MR) is 36.0 cm³/mol. The lowest BCUT2D eigenvalue weighted by atomic mass is 10.6. The van der Waals surface area contributed by atoms with Gasteiger partial charge in [-0.15, -0.1) is 0 Å². The average Bonchev–Trinajstić information content (AvgIpc) is 2.52. The number of hydrogen-bond donors (Lipinski definition) is 1. The molecule has 60 valence electrons. The third kappa shape index (κ3) is 1.96. The smallest absolute Gasteiger partial charge is 0.293 e. The van der Waals surface area contributed by atoms with Gasteiger partial charge in [0.05, 0.1) is 6.67 Å². The lowest BCUT2D eigenvalue weighted by Crippen LogP contribution is -2.30. The van der Waals surface area contributed by atoms with Crippen LogP contribution in [0.3, 0.4) is 0 Å². The van der Waals surface area contributed by atoms with Crippen molar-refractivity contribution in [2.24, 2.45) is 0 Å². The summed E-state index contributed by atoms with van der Waals surface area (Å²) in [5.41, 5.74) is 0. The average molecular weight is 156 g/mol. The minimum atomic E-state index is -0.238. The van der Waals surface area contributed by atoms with Gasteiger partial charge in [0.2, 0.25) is 0 Å². The van der Waals surface area contributed by atoms with Crippen molar-refractivity contribution in [1.29, 1.82) is 0 Å². The van der Waals surface area contributed by atoms with Crippen LogP contribution in [0.25, 0.3) is 0 Å². The molecule has 1 aliphatic rings. The highest BCUT2D eigenvalue weighted by atomic mass is 16.5. The van der Waals surface area contributed by atoms with Gasteiger partial charge in [-0.25, -0.2) is 0 Å². The molecule has 0 unspecified atom stereocenters. The van der Waals surface area contributed by atoms with Crippen molar-refractivity contribution < 1.29 is 14.3 Å². The highest BCUT2D eigenvalue weighted by Gasteiger charge is 2.12. The first-order valence-electron chi connectivity index (χ1n) is 3.09. The molecule has 11 heavy (non-hydrogen) atoms. The van der Waals surface area contributed by atoms with Crippen molar-refractivity contribution in [2.45, 2.75) is 0 Å². The lowest BCUT2D eigenvalue weighted by molar-refractivity contribution is -0.141. The Balaban J connectivity index is 2.29. The second-order valence-electron chi connectivity index (χ2n) is 1.95. The number of ether oxygens (including phenoxy) is 1. The Morgan fingerprint density at radius 2 is 2.64 bits per heavy atom. The fourth-order valence-corrected chi connectivity index (χ4v) is 0.706. The summed E-state index contributed by atoms with van der Waals surface area (Å²) in [6, 6.07) is 0. The molecule has 0 saturated heterocycles. The number of carbonyl (C=O) groups is 2. The molecule has 5 nitrogen and oxygen atoms in total. The standard InChI is InChI=1S/C6H8N2O3/c9-5-11-3-6(10)8-2-1-7-4-8/h1-2,5,7H,3-4H2. The van der Waals surface area contributed by atoms with Gasteiger partial charge < -0.3 is 10.1 Å². The van der Waals surface area contributed by atoms with Crippen LogP contribution in [0.5, 0.6) is 0 Å². The molecule has 0 saturated carbocycles. The molecule has 0 atom stereocenters. The zero-order valence-corrected chi connectivity index (χ0v) is 5.82. The topological polar surface area (TPSA) is 58.6 Å². The van der Waals surface area contributed by atoms with E-state index in [4.69, 9.17) is 0 Å². The first-order chi connectivity index (χ1) is 5.34. The molecular formula is C6H8N2O3. The van der Waals surface area contributed by atoms with E-state index in [0.717, 1.165) is 0 Å². The molecule has 0 fully saturated rings. The SMILES string of the molecule is O=COCC(=O)N1C=CNC1. The maximum Gasteiger partial charge on any atom is 0.293 e. The van der Waals surface area contributed by atoms with Crippen LogP contribution in [0.2, 0.25) is 0 Å². The quantitative estimate of drug-likeness (QED) is 0.533. The summed E-state index contributed by atoms with van der Waals surface area (Å²) in [6.07, 6.45) is 3.25. The monoisotopic (exact) mass is 156 g/mol. The second kappa shape index (κ2) is 3.60. The van der Waals surface area contributed by atoms with Gasteiger partial charge in [-0.3, -0.25) is 14.5 Å². The summed E-state index contributed by atoms with van der Waals surface area (Å²) < 4.78 is 4.27. The first-order valence-corrected chi connectivity index (χ1v) is 3.09. The van der Waals surface area contributed by atoms with E-state index in [2.05, 4.69) is 10.1 Å². The van der Waals surface area contributed by atoms with Crippen LogP contribution in [0.15, 0.2) is 12.4 Å². The zero-order chi connectivity index (χ0) is 8.10. The third-order valence-corrected chi connectivity index (χ3v) is 1.23. The van der Waals surface area contributed by atoms with E-state index < -0.39 is 0 Å². The van der Waals surface area contributed by atoms with E-state index in [-0.39, 0.29) is 19.0 Å². The van der Waals surface area contributed by atoms with Gasteiger partial charge in [-0.2, -0.15) is 0 Å². The fourth-order valence-electron chi connectivity index (χ4n) is 0.706. The normalized spacial score (nSPS) is 14.4. The Morgan fingerprint density at radius 1 is 1.82 bits per heavy atom. The second-order valence-corrected chi connectivity index (χ2v) is 1.95. The van der Waals surface area contributed by atoms with Gasteiger partial charge in [0.25, 0.3) is 12.4 Å². The van der Waals surface area contributed by atoms with Gasteiger partial charge in [-0.1, -0.05) is 0 Å². The van der Waals surface area contributed by atoms with Crippen molar-refractivity contribution >= 4 is 12.4 Å². The number of nitrogens with zero attached hydrogens (tertiary/aromatic N) is 1. The Kier molecular flexibility index (Phi) is 2.48. The number of carbonyl (C=O) groups excluding carboxylic acids is 2. The van der Waals surface area contributed by atoms with E-state index in [1.165, 1.54) is 4.90 Å². The summed E-state index contributed by atoms with van der Waals surface area (Å²) in [5.74, 6) is -0.238. The highest BCUT2D eigenvalue weighted by molar-refractivity contribution is 5.79. The largest absolute Gasteiger partial charge is 0.458 e. The summed E-state index contributed by atoms with van der Waals surface area (Å²) >= 11 is 0. The molecule has 0 bridgehead atoms. The van der Waals surface area contributed by atoms with E-state index >= 15 is 0 Å². The molecule has 1 heterocycles. The van der Waals surface area contributed by atoms with Gasteiger partial charge >= 0.3 is 0 Å². The molecule has 1 amide bonds. The molecule has 0 aliphatic carbocycles.